The second-order valence-electron chi connectivity index (χ2n) is 4.01. The van der Waals surface area contributed by atoms with Crippen LogP contribution in [0.15, 0.2) is 24.3 Å². The van der Waals surface area contributed by atoms with Crippen LogP contribution in [-0.4, -0.2) is 34.5 Å². The predicted octanol–water partition coefficient (Wildman–Crippen LogP) is 2.67. The third-order valence-electron chi connectivity index (χ3n) is 2.93. The number of Topliss-reactive ketones (excluding diaryl/α,β-unsaturated/α-hetero) is 1. The van der Waals surface area contributed by atoms with Gasteiger partial charge in [0, 0.05) is 17.1 Å². The van der Waals surface area contributed by atoms with E-state index in [1.54, 1.807) is 24.3 Å². The quantitative estimate of drug-likeness (QED) is 0.825. The van der Waals surface area contributed by atoms with Gasteiger partial charge in [-0.1, -0.05) is 11.6 Å². The highest BCUT2D eigenvalue weighted by atomic mass is 35.5. The first-order chi connectivity index (χ1) is 8.09. The summed E-state index contributed by atoms with van der Waals surface area (Å²) in [7, 11) is 0. The molecule has 90 valence electrons. The van der Waals surface area contributed by atoms with E-state index in [0.717, 1.165) is 6.42 Å². The minimum Gasteiger partial charge on any atom is -0.465 e. The smallest absolute Gasteiger partial charge is 0.407 e. The number of likely N-dealkylation sites (tertiary alicyclic amines) is 1. The summed E-state index contributed by atoms with van der Waals surface area (Å²) in [5, 5.41) is 9.53. The molecule has 1 fully saturated rings. The highest BCUT2D eigenvalue weighted by molar-refractivity contribution is 6.30. The first-order valence-electron chi connectivity index (χ1n) is 5.39. The largest absolute Gasteiger partial charge is 0.465 e. The zero-order valence-corrected chi connectivity index (χ0v) is 9.85. The second-order valence-corrected chi connectivity index (χ2v) is 4.44. The maximum atomic E-state index is 12.1. The molecular formula is C12H12ClNO3. The van der Waals surface area contributed by atoms with Crippen molar-refractivity contribution < 1.29 is 14.7 Å². The maximum Gasteiger partial charge on any atom is 0.407 e. The molecule has 2 rings (SSSR count). The minimum atomic E-state index is -1.03. The van der Waals surface area contributed by atoms with Crippen LogP contribution in [0.25, 0.3) is 0 Å². The monoisotopic (exact) mass is 253 g/mol. The predicted molar refractivity (Wildman–Crippen MR) is 63.5 cm³/mol. The summed E-state index contributed by atoms with van der Waals surface area (Å²) in [6.45, 7) is 0.430. The highest BCUT2D eigenvalue weighted by Gasteiger charge is 2.34. The van der Waals surface area contributed by atoms with Gasteiger partial charge >= 0.3 is 6.09 Å². The lowest BCUT2D eigenvalue weighted by Crippen LogP contribution is -2.39. The Kier molecular flexibility index (Phi) is 3.33. The molecule has 0 radical (unpaired) electrons. The Bertz CT molecular complexity index is 444. The van der Waals surface area contributed by atoms with E-state index in [2.05, 4.69) is 0 Å². The second kappa shape index (κ2) is 4.75. The van der Waals surface area contributed by atoms with Crippen molar-refractivity contribution in [3.8, 4) is 0 Å². The van der Waals surface area contributed by atoms with Crippen LogP contribution in [-0.2, 0) is 0 Å². The van der Waals surface area contributed by atoms with Gasteiger partial charge in [0.05, 0.1) is 6.04 Å². The molecule has 4 nitrogen and oxygen atoms in total. The molecule has 1 unspecified atom stereocenters. The number of ketones is 1. The van der Waals surface area contributed by atoms with Crippen molar-refractivity contribution in [1.82, 2.24) is 4.90 Å². The Hall–Kier alpha value is -1.55. The molecule has 0 aromatic heterocycles. The van der Waals surface area contributed by atoms with E-state index < -0.39 is 12.1 Å². The van der Waals surface area contributed by atoms with Crippen molar-refractivity contribution in [1.29, 1.82) is 0 Å². The molecule has 5 heteroatoms. The van der Waals surface area contributed by atoms with Crippen molar-refractivity contribution in [2.75, 3.05) is 6.54 Å². The molecule has 1 heterocycles. The molecular weight excluding hydrogens is 242 g/mol. The first kappa shape index (κ1) is 11.9. The Morgan fingerprint density at radius 2 is 1.94 bits per heavy atom. The zero-order chi connectivity index (χ0) is 12.4. The van der Waals surface area contributed by atoms with E-state index in [0.29, 0.717) is 23.6 Å². The Morgan fingerprint density at radius 3 is 2.53 bits per heavy atom. The van der Waals surface area contributed by atoms with Gasteiger partial charge < -0.3 is 5.11 Å². The number of hydrogen-bond donors (Lipinski definition) is 1. The summed E-state index contributed by atoms with van der Waals surface area (Å²) in [5.41, 5.74) is 0.507. The maximum absolute atomic E-state index is 12.1. The first-order valence-corrected chi connectivity index (χ1v) is 5.77. The van der Waals surface area contributed by atoms with E-state index in [1.165, 1.54) is 4.90 Å². The molecule has 1 N–H and O–H groups in total. The highest BCUT2D eigenvalue weighted by Crippen LogP contribution is 2.22. The fourth-order valence-corrected chi connectivity index (χ4v) is 2.20. The van der Waals surface area contributed by atoms with Crippen molar-refractivity contribution in [3.63, 3.8) is 0 Å². The van der Waals surface area contributed by atoms with Crippen LogP contribution in [0.4, 0.5) is 4.79 Å². The van der Waals surface area contributed by atoms with E-state index in [-0.39, 0.29) is 5.78 Å². The van der Waals surface area contributed by atoms with Crippen LogP contribution >= 0.6 is 11.6 Å². The lowest BCUT2D eigenvalue weighted by atomic mass is 10.0. The van der Waals surface area contributed by atoms with Crippen LogP contribution in [0.1, 0.15) is 23.2 Å². The van der Waals surface area contributed by atoms with Gasteiger partial charge in [-0.15, -0.1) is 0 Å². The number of carboxylic acid groups (broad SMARTS) is 1. The summed E-state index contributed by atoms with van der Waals surface area (Å²) in [6.07, 6.45) is 0.291. The summed E-state index contributed by atoms with van der Waals surface area (Å²) < 4.78 is 0. The summed E-state index contributed by atoms with van der Waals surface area (Å²) in [4.78, 5) is 24.3. The normalized spacial score (nSPS) is 19.4. The molecule has 0 aliphatic carbocycles. The van der Waals surface area contributed by atoms with E-state index in [9.17, 15) is 9.59 Å². The van der Waals surface area contributed by atoms with Crippen molar-refractivity contribution in [2.24, 2.45) is 0 Å². The van der Waals surface area contributed by atoms with Gasteiger partial charge in [0.2, 0.25) is 0 Å². The number of amides is 1. The fourth-order valence-electron chi connectivity index (χ4n) is 2.07. The van der Waals surface area contributed by atoms with Crippen LogP contribution in [0.3, 0.4) is 0 Å². The number of hydrogen-bond acceptors (Lipinski definition) is 2. The summed E-state index contributed by atoms with van der Waals surface area (Å²) in [6, 6.07) is 5.98. The number of halogens is 1. The molecule has 1 aliphatic rings. The number of benzene rings is 1. The average Bonchev–Trinajstić information content (AvgIpc) is 2.78. The SMILES string of the molecule is O=C(c1ccc(Cl)cc1)C1CCCN1C(=O)O. The third kappa shape index (κ3) is 2.42. The van der Waals surface area contributed by atoms with Gasteiger partial charge in [0.25, 0.3) is 0 Å². The molecule has 1 amide bonds. The van der Waals surface area contributed by atoms with Gasteiger partial charge in [-0.25, -0.2) is 4.79 Å². The molecule has 1 aromatic carbocycles. The summed E-state index contributed by atoms with van der Waals surface area (Å²) >= 11 is 5.74. The van der Waals surface area contributed by atoms with Crippen molar-refractivity contribution in [3.05, 3.63) is 34.9 Å². The molecule has 1 saturated heterocycles. The van der Waals surface area contributed by atoms with E-state index in [1.807, 2.05) is 0 Å². The molecule has 1 aromatic rings. The number of rotatable bonds is 2. The average molecular weight is 254 g/mol. The molecule has 0 bridgehead atoms. The molecule has 0 spiro atoms. The van der Waals surface area contributed by atoms with Gasteiger partial charge in [-0.2, -0.15) is 0 Å². The Balaban J connectivity index is 2.19. The Morgan fingerprint density at radius 1 is 1.29 bits per heavy atom. The van der Waals surface area contributed by atoms with Gasteiger partial charge in [0.15, 0.2) is 5.78 Å². The van der Waals surface area contributed by atoms with Gasteiger partial charge in [0.1, 0.15) is 0 Å². The van der Waals surface area contributed by atoms with Crippen LogP contribution < -0.4 is 0 Å². The lowest BCUT2D eigenvalue weighted by Gasteiger charge is -2.20. The minimum absolute atomic E-state index is 0.151. The standard InChI is InChI=1S/C12H12ClNO3/c13-9-5-3-8(4-6-9)11(15)10-2-1-7-14(10)12(16)17/h3-6,10H,1-2,7H2,(H,16,17). The van der Waals surface area contributed by atoms with E-state index in [4.69, 9.17) is 16.7 Å². The fraction of sp³-hybridized carbons (Fsp3) is 0.333. The number of nitrogens with zero attached hydrogens (tertiary/aromatic N) is 1. The van der Waals surface area contributed by atoms with E-state index >= 15 is 0 Å². The molecule has 17 heavy (non-hydrogen) atoms. The molecule has 1 aliphatic heterocycles. The third-order valence-corrected chi connectivity index (χ3v) is 3.18. The summed E-state index contributed by atoms with van der Waals surface area (Å²) in [5.74, 6) is -0.151. The lowest BCUT2D eigenvalue weighted by molar-refractivity contribution is 0.0845. The number of carbonyl (C=O) groups excluding carboxylic acids is 1. The van der Waals surface area contributed by atoms with Crippen LogP contribution in [0.5, 0.6) is 0 Å². The number of carbonyl (C=O) groups is 2. The topological polar surface area (TPSA) is 57.6 Å². The zero-order valence-electron chi connectivity index (χ0n) is 9.10. The van der Waals surface area contributed by atoms with Crippen LogP contribution in [0, 0.1) is 0 Å². The van der Waals surface area contributed by atoms with Gasteiger partial charge in [-0.05, 0) is 37.1 Å². The molecule has 0 saturated carbocycles. The van der Waals surface area contributed by atoms with Gasteiger partial charge in [-0.3, -0.25) is 9.69 Å². The van der Waals surface area contributed by atoms with Crippen LogP contribution in [0.2, 0.25) is 5.02 Å². The van der Waals surface area contributed by atoms with Crippen molar-refractivity contribution in [2.45, 2.75) is 18.9 Å². The Labute approximate surface area is 104 Å². The van der Waals surface area contributed by atoms with Crippen molar-refractivity contribution >= 4 is 23.5 Å². The molecule has 1 atom stereocenters.